The van der Waals surface area contributed by atoms with E-state index < -0.39 is 0 Å². The van der Waals surface area contributed by atoms with Gasteiger partial charge in [-0.05, 0) is 53.6 Å². The average molecular weight is 488 g/mol. The highest BCUT2D eigenvalue weighted by Gasteiger charge is 2.18. The molecular weight excluding hydrogens is 456 g/mol. The summed E-state index contributed by atoms with van der Waals surface area (Å²) in [6.07, 6.45) is 2.23. The van der Waals surface area contributed by atoms with Gasteiger partial charge in [-0.15, -0.1) is 0 Å². The van der Waals surface area contributed by atoms with Crippen molar-refractivity contribution in [3.8, 4) is 5.75 Å². The minimum Gasteiger partial charge on any atom is -0.487 e. The van der Waals surface area contributed by atoms with E-state index in [9.17, 15) is 0 Å². The summed E-state index contributed by atoms with van der Waals surface area (Å²) in [4.78, 5) is 4.70. The first kappa shape index (κ1) is 24.9. The average Bonchev–Trinajstić information content (AvgIpc) is 2.87. The molecule has 35 heavy (non-hydrogen) atoms. The summed E-state index contributed by atoms with van der Waals surface area (Å²) in [6.45, 7) is 2.94. The molecule has 4 aromatic rings. The van der Waals surface area contributed by atoms with E-state index in [0.29, 0.717) is 6.61 Å². The van der Waals surface area contributed by atoms with E-state index >= 15 is 0 Å². The number of aromatic nitrogens is 1. The number of hydrogen-bond donors (Lipinski definition) is 0. The molecule has 1 heterocycles. The summed E-state index contributed by atoms with van der Waals surface area (Å²) in [5.74, 6) is 0.822. The number of methoxy groups -OCH3 is 1. The van der Waals surface area contributed by atoms with Crippen LogP contribution in [-0.2, 0) is 11.3 Å². The van der Waals surface area contributed by atoms with Crippen LogP contribution in [0.15, 0.2) is 84.9 Å². The van der Waals surface area contributed by atoms with Gasteiger partial charge in [0.05, 0.1) is 31.9 Å². The van der Waals surface area contributed by atoms with Crippen LogP contribution in [0.1, 0.15) is 16.8 Å². The number of benzene rings is 3. The Kier molecular flexibility index (Phi) is 8.19. The van der Waals surface area contributed by atoms with Crippen molar-refractivity contribution in [2.24, 2.45) is 0 Å². The van der Waals surface area contributed by atoms with Crippen LogP contribution in [0.3, 0.4) is 0 Å². The molecule has 0 radical (unpaired) electrons. The molecule has 4 nitrogen and oxygen atoms in total. The second-order valence-corrected chi connectivity index (χ2v) is 9.78. The SMILES string of the molecule is COCC[N+](C)(C)CC(=Cc1ccc(Cl)cc1)c1ccc(OCc2ccc3ccccc3n2)cc1. The fourth-order valence-corrected chi connectivity index (χ4v) is 4.10. The van der Waals surface area contributed by atoms with E-state index in [0.717, 1.165) is 57.1 Å². The van der Waals surface area contributed by atoms with Gasteiger partial charge in [0.15, 0.2) is 0 Å². The highest BCUT2D eigenvalue weighted by Crippen LogP contribution is 2.25. The van der Waals surface area contributed by atoms with Gasteiger partial charge in [-0.3, -0.25) is 0 Å². The Morgan fingerprint density at radius 3 is 2.40 bits per heavy atom. The fraction of sp³-hybridized carbons (Fsp3) is 0.233. The monoisotopic (exact) mass is 487 g/mol. The zero-order chi connectivity index (χ0) is 24.7. The van der Waals surface area contributed by atoms with E-state index in [1.807, 2.05) is 60.7 Å². The summed E-state index contributed by atoms with van der Waals surface area (Å²) >= 11 is 6.09. The fourth-order valence-electron chi connectivity index (χ4n) is 3.97. The van der Waals surface area contributed by atoms with Crippen LogP contribution in [0.2, 0.25) is 5.02 Å². The van der Waals surface area contributed by atoms with Gasteiger partial charge in [0.2, 0.25) is 0 Å². The van der Waals surface area contributed by atoms with Crippen LogP contribution in [0.5, 0.6) is 5.75 Å². The van der Waals surface area contributed by atoms with E-state index in [1.54, 1.807) is 7.11 Å². The number of likely N-dealkylation sites (N-methyl/N-ethyl adjacent to an activating group) is 1. The minimum absolute atomic E-state index is 0.429. The number of halogens is 1. The molecule has 0 fully saturated rings. The van der Waals surface area contributed by atoms with E-state index in [2.05, 4.69) is 44.4 Å². The van der Waals surface area contributed by atoms with Gasteiger partial charge in [0.25, 0.3) is 0 Å². The first-order valence-electron chi connectivity index (χ1n) is 11.8. The molecule has 0 aliphatic rings. The molecule has 4 rings (SSSR count). The topological polar surface area (TPSA) is 31.4 Å². The molecular formula is C30H32ClN2O2+. The van der Waals surface area contributed by atoms with Crippen molar-refractivity contribution in [3.63, 3.8) is 0 Å². The smallest absolute Gasteiger partial charge is 0.130 e. The maximum Gasteiger partial charge on any atom is 0.130 e. The Balaban J connectivity index is 1.51. The molecule has 0 aliphatic carbocycles. The standard InChI is InChI=1S/C30H32ClN2O2/c1-33(2,18-19-34-3)21-26(20-23-8-13-27(31)14-9-23)24-11-16-29(17-12-24)35-22-28-15-10-25-6-4-5-7-30(25)32-28/h4-17,20H,18-19,21-22H2,1-3H3/q+1. The number of para-hydroxylation sites is 1. The maximum absolute atomic E-state index is 6.09. The van der Waals surface area contributed by atoms with E-state index in [4.69, 9.17) is 26.1 Å². The van der Waals surface area contributed by atoms with Gasteiger partial charge in [-0.25, -0.2) is 4.98 Å². The molecule has 0 saturated carbocycles. The van der Waals surface area contributed by atoms with Gasteiger partial charge in [0.1, 0.15) is 25.4 Å². The molecule has 0 saturated heterocycles. The van der Waals surface area contributed by atoms with E-state index in [1.165, 1.54) is 11.1 Å². The largest absolute Gasteiger partial charge is 0.487 e. The van der Waals surface area contributed by atoms with Crippen molar-refractivity contribution >= 4 is 34.2 Å². The predicted octanol–water partition coefficient (Wildman–Crippen LogP) is 6.73. The van der Waals surface area contributed by atoms with Gasteiger partial charge < -0.3 is 14.0 Å². The minimum atomic E-state index is 0.429. The first-order chi connectivity index (χ1) is 16.9. The molecule has 0 atom stereocenters. The normalized spacial score (nSPS) is 12.2. The summed E-state index contributed by atoms with van der Waals surface area (Å²) < 4.78 is 12.2. The highest BCUT2D eigenvalue weighted by atomic mass is 35.5. The third kappa shape index (κ3) is 7.15. The van der Waals surface area contributed by atoms with Crippen molar-refractivity contribution in [2.75, 3.05) is 40.9 Å². The van der Waals surface area contributed by atoms with Crippen LogP contribution in [0.25, 0.3) is 22.6 Å². The van der Waals surface area contributed by atoms with Crippen LogP contribution in [0, 0.1) is 0 Å². The zero-order valence-electron chi connectivity index (χ0n) is 20.6. The maximum atomic E-state index is 6.09. The van der Waals surface area contributed by atoms with Crippen molar-refractivity contribution in [1.82, 2.24) is 4.98 Å². The summed E-state index contributed by atoms with van der Waals surface area (Å²) in [6, 6.07) is 28.5. The third-order valence-corrected chi connectivity index (χ3v) is 6.23. The highest BCUT2D eigenvalue weighted by molar-refractivity contribution is 6.30. The molecule has 180 valence electrons. The van der Waals surface area contributed by atoms with Crippen LogP contribution in [-0.4, -0.2) is 50.4 Å². The Morgan fingerprint density at radius 1 is 0.914 bits per heavy atom. The first-order valence-corrected chi connectivity index (χ1v) is 12.1. The lowest BCUT2D eigenvalue weighted by molar-refractivity contribution is -0.883. The van der Waals surface area contributed by atoms with E-state index in [-0.39, 0.29) is 0 Å². The number of pyridine rings is 1. The second-order valence-electron chi connectivity index (χ2n) is 9.34. The van der Waals surface area contributed by atoms with Gasteiger partial charge in [0, 0.05) is 23.1 Å². The van der Waals surface area contributed by atoms with Crippen molar-refractivity contribution in [1.29, 1.82) is 0 Å². The Bertz CT molecular complexity index is 1280. The molecule has 5 heteroatoms. The Hall–Kier alpha value is -3.18. The summed E-state index contributed by atoms with van der Waals surface area (Å²) in [5.41, 5.74) is 5.43. The predicted molar refractivity (Wildman–Crippen MR) is 146 cm³/mol. The van der Waals surface area contributed by atoms with Gasteiger partial charge in [-0.2, -0.15) is 0 Å². The van der Waals surface area contributed by atoms with Crippen molar-refractivity contribution < 1.29 is 14.0 Å². The molecule has 1 aromatic heterocycles. The molecule has 0 unspecified atom stereocenters. The Labute approximate surface area is 213 Å². The number of ether oxygens (including phenoxy) is 2. The quantitative estimate of drug-likeness (QED) is 0.183. The molecule has 0 aliphatic heterocycles. The zero-order valence-corrected chi connectivity index (χ0v) is 21.3. The van der Waals surface area contributed by atoms with Gasteiger partial charge >= 0.3 is 0 Å². The van der Waals surface area contributed by atoms with Crippen LogP contribution < -0.4 is 4.74 Å². The second kappa shape index (κ2) is 11.5. The van der Waals surface area contributed by atoms with Crippen molar-refractivity contribution in [3.05, 3.63) is 107 Å². The molecule has 0 spiro atoms. The molecule has 3 aromatic carbocycles. The molecule has 0 amide bonds. The number of fused-ring (bicyclic) bond motifs is 1. The number of nitrogens with zero attached hydrogens (tertiary/aromatic N) is 2. The Morgan fingerprint density at radius 2 is 1.66 bits per heavy atom. The lowest BCUT2D eigenvalue weighted by atomic mass is 10.0. The molecule has 0 bridgehead atoms. The summed E-state index contributed by atoms with van der Waals surface area (Å²) in [7, 11) is 6.20. The van der Waals surface area contributed by atoms with Gasteiger partial charge in [-0.1, -0.05) is 60.1 Å². The van der Waals surface area contributed by atoms with Crippen LogP contribution in [0.4, 0.5) is 0 Å². The lowest BCUT2D eigenvalue weighted by Crippen LogP contribution is -2.43. The third-order valence-electron chi connectivity index (χ3n) is 5.98. The summed E-state index contributed by atoms with van der Waals surface area (Å²) in [5, 5.41) is 1.87. The van der Waals surface area contributed by atoms with Crippen molar-refractivity contribution in [2.45, 2.75) is 6.61 Å². The van der Waals surface area contributed by atoms with Crippen LogP contribution >= 0.6 is 11.6 Å². The number of hydrogen-bond acceptors (Lipinski definition) is 3. The molecule has 0 N–H and O–H groups in total. The number of quaternary nitrogens is 1. The number of rotatable bonds is 10. The lowest BCUT2D eigenvalue weighted by Gasteiger charge is -2.31.